The fourth-order valence-corrected chi connectivity index (χ4v) is 9.16. The molecule has 0 aromatic rings. The van der Waals surface area contributed by atoms with Gasteiger partial charge in [-0.15, -0.1) is 0 Å². The number of amides is 1. The Balaban J connectivity index is 3.36. The van der Waals surface area contributed by atoms with E-state index in [1.54, 1.807) is 6.08 Å². The molecule has 390 valence electrons. The molecule has 3 N–H and O–H groups in total. The molecule has 6 heteroatoms. The van der Waals surface area contributed by atoms with Crippen molar-refractivity contribution in [3.63, 3.8) is 0 Å². The maximum atomic E-state index is 12.4. The molecular weight excluding hydrogens is 815 g/mol. The van der Waals surface area contributed by atoms with Crippen molar-refractivity contribution in [1.82, 2.24) is 5.32 Å². The molecule has 0 aliphatic rings. The van der Waals surface area contributed by atoms with Crippen LogP contribution in [0.15, 0.2) is 24.3 Å². The third-order valence-electron chi connectivity index (χ3n) is 13.7. The lowest BCUT2D eigenvalue weighted by molar-refractivity contribution is -0.143. The summed E-state index contributed by atoms with van der Waals surface area (Å²) in [6.45, 7) is 4.88. The maximum absolute atomic E-state index is 12.4. The number of hydrogen-bond donors (Lipinski definition) is 3. The van der Waals surface area contributed by atoms with Crippen molar-refractivity contribution < 1.29 is 24.5 Å². The fourth-order valence-electron chi connectivity index (χ4n) is 9.16. The predicted molar refractivity (Wildman–Crippen MR) is 287 cm³/mol. The number of carbonyl (C=O) groups excluding carboxylic acids is 2. The number of hydrogen-bond acceptors (Lipinski definition) is 5. The fraction of sp³-hybridized carbons (Fsp3) is 0.900. The Hall–Kier alpha value is -1.66. The van der Waals surface area contributed by atoms with E-state index in [-0.39, 0.29) is 18.5 Å². The van der Waals surface area contributed by atoms with Crippen LogP contribution in [0.2, 0.25) is 0 Å². The summed E-state index contributed by atoms with van der Waals surface area (Å²) in [5.74, 6) is -0.0602. The Morgan fingerprint density at radius 3 is 1.09 bits per heavy atom. The normalized spacial score (nSPS) is 12.7. The molecule has 66 heavy (non-hydrogen) atoms. The molecule has 0 aliphatic heterocycles. The van der Waals surface area contributed by atoms with Crippen molar-refractivity contribution in [2.24, 2.45) is 0 Å². The molecule has 6 nitrogen and oxygen atoms in total. The number of carbonyl (C=O) groups is 2. The van der Waals surface area contributed by atoms with Crippen molar-refractivity contribution in [3.8, 4) is 0 Å². The zero-order valence-electron chi connectivity index (χ0n) is 44.4. The molecule has 2 atom stereocenters. The summed E-state index contributed by atoms with van der Waals surface area (Å²) >= 11 is 0. The van der Waals surface area contributed by atoms with E-state index >= 15 is 0 Å². The first kappa shape index (κ1) is 64.3. The first-order valence-electron chi connectivity index (χ1n) is 29.6. The number of ether oxygens (including phenoxy) is 1. The second-order valence-corrected chi connectivity index (χ2v) is 20.3. The minimum absolute atomic E-state index is 0.00662. The number of rotatable bonds is 55. The quantitative estimate of drug-likeness (QED) is 0.0321. The van der Waals surface area contributed by atoms with E-state index in [2.05, 4.69) is 31.3 Å². The molecular formula is C60H115NO5. The third-order valence-corrected chi connectivity index (χ3v) is 13.7. The van der Waals surface area contributed by atoms with E-state index < -0.39 is 12.1 Å². The average molecular weight is 931 g/mol. The summed E-state index contributed by atoms with van der Waals surface area (Å²) in [7, 11) is 0. The van der Waals surface area contributed by atoms with E-state index in [9.17, 15) is 19.8 Å². The van der Waals surface area contributed by atoms with E-state index in [1.807, 2.05) is 6.08 Å². The Morgan fingerprint density at radius 2 is 0.712 bits per heavy atom. The lowest BCUT2D eigenvalue weighted by Crippen LogP contribution is -2.45. The SMILES string of the molecule is CCCCCC/C=C\CCCCCCCC(=O)OCCCCCCCCCCCCCCCCCCCCCCCCCCCC(=O)NC(CO)C(O)/C=C/CCCCCCCCCCC. The number of nitrogens with one attached hydrogen (secondary N) is 1. The van der Waals surface area contributed by atoms with Gasteiger partial charge in [0.25, 0.3) is 0 Å². The minimum atomic E-state index is -0.841. The Labute approximate surface area is 411 Å². The highest BCUT2D eigenvalue weighted by Gasteiger charge is 2.18. The second kappa shape index (κ2) is 55.9. The number of aliphatic hydroxyl groups is 2. The molecule has 0 heterocycles. The molecule has 0 bridgehead atoms. The summed E-state index contributed by atoms with van der Waals surface area (Å²) in [6.07, 6.45) is 67.9. The monoisotopic (exact) mass is 930 g/mol. The van der Waals surface area contributed by atoms with Crippen molar-refractivity contribution >= 4 is 11.9 Å². The van der Waals surface area contributed by atoms with Crippen LogP contribution in [0.3, 0.4) is 0 Å². The molecule has 0 aromatic carbocycles. The molecule has 0 spiro atoms. The Bertz CT molecular complexity index is 1030. The van der Waals surface area contributed by atoms with Crippen LogP contribution in [0.1, 0.15) is 322 Å². The van der Waals surface area contributed by atoms with Gasteiger partial charge < -0.3 is 20.3 Å². The van der Waals surface area contributed by atoms with Gasteiger partial charge in [0.15, 0.2) is 0 Å². The highest BCUT2D eigenvalue weighted by Crippen LogP contribution is 2.17. The Morgan fingerprint density at radius 1 is 0.409 bits per heavy atom. The number of unbranched alkanes of at least 4 members (excludes halogenated alkanes) is 42. The van der Waals surface area contributed by atoms with Crippen LogP contribution in [0, 0.1) is 0 Å². The van der Waals surface area contributed by atoms with Crippen molar-refractivity contribution in [3.05, 3.63) is 24.3 Å². The zero-order chi connectivity index (χ0) is 47.9. The van der Waals surface area contributed by atoms with Gasteiger partial charge in [0.1, 0.15) is 0 Å². The van der Waals surface area contributed by atoms with Gasteiger partial charge in [-0.05, 0) is 57.8 Å². The van der Waals surface area contributed by atoms with Gasteiger partial charge in [-0.2, -0.15) is 0 Å². The van der Waals surface area contributed by atoms with Gasteiger partial charge in [0.2, 0.25) is 5.91 Å². The first-order valence-corrected chi connectivity index (χ1v) is 29.6. The van der Waals surface area contributed by atoms with Crippen LogP contribution in [0.5, 0.6) is 0 Å². The van der Waals surface area contributed by atoms with Crippen molar-refractivity contribution in [2.75, 3.05) is 13.2 Å². The summed E-state index contributed by atoms with van der Waals surface area (Å²) in [6, 6.07) is -0.624. The summed E-state index contributed by atoms with van der Waals surface area (Å²) in [5.41, 5.74) is 0. The summed E-state index contributed by atoms with van der Waals surface area (Å²) < 4.78 is 5.47. The highest BCUT2D eigenvalue weighted by molar-refractivity contribution is 5.76. The Kier molecular flexibility index (Phi) is 54.5. The van der Waals surface area contributed by atoms with Crippen molar-refractivity contribution in [1.29, 1.82) is 0 Å². The van der Waals surface area contributed by atoms with Crippen LogP contribution < -0.4 is 5.32 Å². The van der Waals surface area contributed by atoms with Crippen LogP contribution in [0.4, 0.5) is 0 Å². The largest absolute Gasteiger partial charge is 0.466 e. The molecule has 0 aromatic heterocycles. The van der Waals surface area contributed by atoms with Gasteiger partial charge in [-0.25, -0.2) is 0 Å². The van der Waals surface area contributed by atoms with E-state index in [1.165, 1.54) is 250 Å². The second-order valence-electron chi connectivity index (χ2n) is 20.3. The number of aliphatic hydroxyl groups excluding tert-OH is 2. The average Bonchev–Trinajstić information content (AvgIpc) is 3.32. The molecule has 0 saturated heterocycles. The third kappa shape index (κ3) is 51.7. The van der Waals surface area contributed by atoms with Gasteiger partial charge >= 0.3 is 5.97 Å². The molecule has 0 saturated carbocycles. The van der Waals surface area contributed by atoms with Gasteiger partial charge in [-0.1, -0.05) is 276 Å². The van der Waals surface area contributed by atoms with E-state index in [4.69, 9.17) is 4.74 Å². The molecule has 1 amide bonds. The van der Waals surface area contributed by atoms with E-state index in [0.717, 1.165) is 44.9 Å². The first-order chi connectivity index (χ1) is 32.5. The standard InChI is InChI=1S/C60H115NO5/c1-3-5-7-9-11-13-15-29-34-38-42-46-50-54-60(65)66-55-51-47-43-39-35-31-28-26-24-22-20-18-16-17-19-21-23-25-27-30-33-37-41-45-49-53-59(64)61-57(56-62)58(63)52-48-44-40-36-32-14-12-10-8-6-4-2/h13,15,48,52,57-58,62-63H,3-12,14,16-47,49-51,53-56H2,1-2H3,(H,61,64)/b15-13-,52-48+. The summed E-state index contributed by atoms with van der Waals surface area (Å²) in [5, 5.41) is 23.0. The number of allylic oxidation sites excluding steroid dienone is 3. The van der Waals surface area contributed by atoms with Crippen molar-refractivity contribution in [2.45, 2.75) is 334 Å². The highest BCUT2D eigenvalue weighted by atomic mass is 16.5. The zero-order valence-corrected chi connectivity index (χ0v) is 44.4. The molecule has 0 fully saturated rings. The van der Waals surface area contributed by atoms with Crippen LogP contribution in [-0.4, -0.2) is 47.4 Å². The van der Waals surface area contributed by atoms with Crippen LogP contribution >= 0.6 is 0 Å². The molecule has 0 rings (SSSR count). The smallest absolute Gasteiger partial charge is 0.305 e. The molecule has 0 aliphatic carbocycles. The van der Waals surface area contributed by atoms with Gasteiger partial charge in [-0.3, -0.25) is 9.59 Å². The topological polar surface area (TPSA) is 95.9 Å². The van der Waals surface area contributed by atoms with E-state index in [0.29, 0.717) is 19.4 Å². The lowest BCUT2D eigenvalue weighted by Gasteiger charge is -2.20. The predicted octanol–water partition coefficient (Wildman–Crippen LogP) is 18.2. The van der Waals surface area contributed by atoms with Crippen LogP contribution in [-0.2, 0) is 14.3 Å². The minimum Gasteiger partial charge on any atom is -0.466 e. The maximum Gasteiger partial charge on any atom is 0.305 e. The summed E-state index contributed by atoms with van der Waals surface area (Å²) in [4.78, 5) is 24.4. The van der Waals surface area contributed by atoms with Crippen LogP contribution in [0.25, 0.3) is 0 Å². The van der Waals surface area contributed by atoms with Gasteiger partial charge in [0.05, 0.1) is 25.4 Å². The number of esters is 1. The molecule has 0 radical (unpaired) electrons. The molecule has 2 unspecified atom stereocenters. The lowest BCUT2D eigenvalue weighted by atomic mass is 10.0. The van der Waals surface area contributed by atoms with Gasteiger partial charge in [0, 0.05) is 12.8 Å².